The zero-order valence-corrected chi connectivity index (χ0v) is 19.5. The number of β-lactam (4-membered cyclic amide) rings is 1. The lowest BCUT2D eigenvalue weighted by atomic mass is 9.87. The van der Waals surface area contributed by atoms with Crippen molar-refractivity contribution in [2.75, 3.05) is 5.73 Å². The molecule has 0 radical (unpaired) electrons. The Bertz CT molecular complexity index is 892. The number of amides is 1. The van der Waals surface area contributed by atoms with Crippen LogP contribution in [0.2, 0.25) is 18.1 Å². The predicted octanol–water partition coefficient (Wildman–Crippen LogP) is 3.84. The van der Waals surface area contributed by atoms with Gasteiger partial charge in [-0.3, -0.25) is 4.79 Å². The molecule has 1 unspecified atom stereocenters. The first-order chi connectivity index (χ1) is 13.5. The minimum absolute atomic E-state index is 0.0326. The molecule has 2 aromatic rings. The summed E-state index contributed by atoms with van der Waals surface area (Å²) in [4.78, 5) is 31.2. The van der Waals surface area contributed by atoms with Crippen molar-refractivity contribution in [2.45, 2.75) is 58.0 Å². The molecule has 1 aromatic heterocycles. The van der Waals surface area contributed by atoms with Crippen LogP contribution in [-0.4, -0.2) is 35.7 Å². The largest absolute Gasteiger partial charge is 0.459 e. The van der Waals surface area contributed by atoms with Crippen LogP contribution < -0.4 is 5.73 Å². The van der Waals surface area contributed by atoms with Gasteiger partial charge in [-0.05, 0) is 17.0 Å². The van der Waals surface area contributed by atoms with E-state index in [2.05, 4.69) is 38.8 Å². The summed E-state index contributed by atoms with van der Waals surface area (Å²) < 4.78 is 7.49. The lowest BCUT2D eigenvalue weighted by Gasteiger charge is -2.57. The van der Waals surface area contributed by atoms with Crippen LogP contribution in [0.25, 0.3) is 0 Å². The van der Waals surface area contributed by atoms with Gasteiger partial charge >= 0.3 is 5.97 Å². The van der Waals surface area contributed by atoms with Crippen molar-refractivity contribution < 1.29 is 14.3 Å². The fourth-order valence-electron chi connectivity index (χ4n) is 3.45. The number of hydrogen-bond donors (Lipinski definition) is 1. The molecule has 1 aliphatic rings. The van der Waals surface area contributed by atoms with Gasteiger partial charge in [0, 0.05) is 11.1 Å². The van der Waals surface area contributed by atoms with Crippen LogP contribution in [0.4, 0.5) is 5.13 Å². The summed E-state index contributed by atoms with van der Waals surface area (Å²) in [6.45, 7) is 10.9. The molecule has 156 valence electrons. The van der Waals surface area contributed by atoms with Gasteiger partial charge in [-0.1, -0.05) is 64.2 Å². The highest BCUT2D eigenvalue weighted by molar-refractivity contribution is 7.15. The Labute approximate surface area is 177 Å². The van der Waals surface area contributed by atoms with Crippen LogP contribution in [0.1, 0.15) is 31.2 Å². The minimum Gasteiger partial charge on any atom is -0.459 e. The number of nitrogens with zero attached hydrogens (tertiary/aromatic N) is 2. The standard InChI is InChI=1S/C21H29N3O3SSi/c1-21(2,3)29(4,5)24-17(19(26)27-13-14-9-7-6-8-10-14)16(18(24)25)11-15-12-23-20(22)28-15/h6-10,12,16-17H,11,13H2,1-5H3,(H2,22,23)/t16?,17-/m0/s1. The predicted molar refractivity (Wildman–Crippen MR) is 118 cm³/mol. The molecule has 1 aliphatic heterocycles. The maximum atomic E-state index is 13.2. The van der Waals surface area contributed by atoms with Gasteiger partial charge in [-0.25, -0.2) is 9.78 Å². The van der Waals surface area contributed by atoms with Crippen molar-refractivity contribution in [3.8, 4) is 0 Å². The van der Waals surface area contributed by atoms with Crippen molar-refractivity contribution in [1.29, 1.82) is 0 Å². The van der Waals surface area contributed by atoms with Crippen molar-refractivity contribution in [3.63, 3.8) is 0 Å². The molecule has 6 nitrogen and oxygen atoms in total. The van der Waals surface area contributed by atoms with Crippen molar-refractivity contribution in [1.82, 2.24) is 9.55 Å². The lowest BCUT2D eigenvalue weighted by Crippen LogP contribution is -2.75. The molecular formula is C21H29N3O3SSi. The molecule has 8 heteroatoms. The molecule has 29 heavy (non-hydrogen) atoms. The zero-order valence-electron chi connectivity index (χ0n) is 17.6. The van der Waals surface area contributed by atoms with Gasteiger partial charge in [-0.2, -0.15) is 0 Å². The second kappa shape index (κ2) is 7.91. The number of hydrogen-bond acceptors (Lipinski definition) is 6. The number of carbonyl (C=O) groups excluding carboxylic acids is 2. The summed E-state index contributed by atoms with van der Waals surface area (Å²) in [5.74, 6) is -0.724. The number of benzene rings is 1. The van der Waals surface area contributed by atoms with E-state index in [1.54, 1.807) is 6.20 Å². The molecule has 1 aromatic carbocycles. The average Bonchev–Trinajstić information content (AvgIpc) is 3.06. The van der Waals surface area contributed by atoms with E-state index in [1.807, 2.05) is 34.9 Å². The maximum Gasteiger partial charge on any atom is 0.329 e. The summed E-state index contributed by atoms with van der Waals surface area (Å²) in [6.07, 6.45) is 2.15. The third kappa shape index (κ3) is 4.23. The summed E-state index contributed by atoms with van der Waals surface area (Å²) in [5, 5.41) is 0.400. The number of rotatable bonds is 6. The summed E-state index contributed by atoms with van der Waals surface area (Å²) in [5.41, 5.74) is 6.66. The van der Waals surface area contributed by atoms with Crippen LogP contribution in [0.5, 0.6) is 0 Å². The van der Waals surface area contributed by atoms with Crippen LogP contribution in [0, 0.1) is 5.92 Å². The van der Waals surface area contributed by atoms with Gasteiger partial charge in [0.25, 0.3) is 0 Å². The number of nitrogens with two attached hydrogens (primary N) is 1. The van der Waals surface area contributed by atoms with Crippen molar-refractivity contribution >= 4 is 36.6 Å². The van der Waals surface area contributed by atoms with E-state index >= 15 is 0 Å². The fraction of sp³-hybridized carbons (Fsp3) is 0.476. The number of nitrogen functional groups attached to an aromatic ring is 1. The first kappa shape index (κ1) is 21.5. The van der Waals surface area contributed by atoms with Crippen LogP contribution in [0.15, 0.2) is 36.5 Å². The Kier molecular flexibility index (Phi) is 5.87. The number of thiazole rings is 1. The smallest absolute Gasteiger partial charge is 0.329 e. The van der Waals surface area contributed by atoms with Crippen LogP contribution in [-0.2, 0) is 27.4 Å². The van der Waals surface area contributed by atoms with Gasteiger partial charge in [0.05, 0.1) is 5.92 Å². The number of esters is 1. The first-order valence-corrected chi connectivity index (χ1v) is 13.5. The quantitative estimate of drug-likeness (QED) is 0.427. The highest BCUT2D eigenvalue weighted by Gasteiger charge is 2.60. The molecule has 1 amide bonds. The Hall–Kier alpha value is -2.19. The highest BCUT2D eigenvalue weighted by atomic mass is 32.1. The van der Waals surface area contributed by atoms with E-state index < -0.39 is 20.2 Å². The first-order valence-electron chi connectivity index (χ1n) is 9.76. The second-order valence-electron chi connectivity index (χ2n) is 9.03. The van der Waals surface area contributed by atoms with E-state index in [-0.39, 0.29) is 23.5 Å². The minimum atomic E-state index is -2.23. The maximum absolute atomic E-state index is 13.2. The molecule has 1 saturated heterocycles. The van der Waals surface area contributed by atoms with Gasteiger partial charge < -0.3 is 15.0 Å². The molecule has 3 rings (SSSR count). The number of aromatic nitrogens is 1. The normalized spacial score (nSPS) is 19.8. The van der Waals surface area contributed by atoms with Crippen molar-refractivity contribution in [3.05, 3.63) is 47.0 Å². The monoisotopic (exact) mass is 431 g/mol. The summed E-state index contributed by atoms with van der Waals surface area (Å²) >= 11 is 1.36. The Morgan fingerprint density at radius 2 is 1.93 bits per heavy atom. The van der Waals surface area contributed by atoms with E-state index in [4.69, 9.17) is 10.5 Å². The molecule has 2 N–H and O–H groups in total. The van der Waals surface area contributed by atoms with Crippen LogP contribution in [0.3, 0.4) is 0 Å². The molecule has 2 heterocycles. The topological polar surface area (TPSA) is 85.5 Å². The van der Waals surface area contributed by atoms with E-state index in [1.165, 1.54) is 11.3 Å². The molecule has 0 aliphatic carbocycles. The summed E-state index contributed by atoms with van der Waals surface area (Å²) in [7, 11) is -2.23. The average molecular weight is 432 g/mol. The third-order valence-corrected chi connectivity index (χ3v) is 12.3. The van der Waals surface area contributed by atoms with Gasteiger partial charge in [0.2, 0.25) is 5.91 Å². The molecule has 0 bridgehead atoms. The van der Waals surface area contributed by atoms with E-state index in [0.717, 1.165) is 10.4 Å². The van der Waals surface area contributed by atoms with Crippen LogP contribution >= 0.6 is 11.3 Å². The molecule has 0 spiro atoms. The Balaban J connectivity index is 1.82. The Morgan fingerprint density at radius 3 is 2.48 bits per heavy atom. The van der Waals surface area contributed by atoms with E-state index in [0.29, 0.717) is 11.6 Å². The van der Waals surface area contributed by atoms with Crippen molar-refractivity contribution in [2.24, 2.45) is 5.92 Å². The number of anilines is 1. The summed E-state index contributed by atoms with van der Waals surface area (Å²) in [6, 6.07) is 9.02. The number of ether oxygens (including phenoxy) is 1. The zero-order chi connectivity index (χ0) is 21.4. The number of carbonyl (C=O) groups is 2. The van der Waals surface area contributed by atoms with Gasteiger partial charge in [0.1, 0.15) is 12.6 Å². The SMILES string of the molecule is CC(C)(C)[Si](C)(C)N1C(=O)C(Cc2cnc(N)s2)[C@H]1C(=O)OCc1ccccc1. The lowest BCUT2D eigenvalue weighted by molar-refractivity contribution is -0.168. The van der Waals surface area contributed by atoms with Gasteiger partial charge in [-0.15, -0.1) is 11.3 Å². The molecular weight excluding hydrogens is 402 g/mol. The molecule has 1 fully saturated rings. The third-order valence-electron chi connectivity index (χ3n) is 6.11. The molecule has 0 saturated carbocycles. The fourth-order valence-corrected chi connectivity index (χ4v) is 6.61. The van der Waals surface area contributed by atoms with E-state index in [9.17, 15) is 9.59 Å². The highest BCUT2D eigenvalue weighted by Crippen LogP contribution is 2.46. The van der Waals surface area contributed by atoms with Gasteiger partial charge in [0.15, 0.2) is 13.4 Å². The Morgan fingerprint density at radius 1 is 1.28 bits per heavy atom. The second-order valence-corrected chi connectivity index (χ2v) is 15.3. The molecule has 2 atom stereocenters.